The highest BCUT2D eigenvalue weighted by Crippen LogP contribution is 2.37. The Balaban J connectivity index is 2.44. The molecular formula is C31H52O4. The number of carboxylic acid groups (broad SMARTS) is 1. The predicted molar refractivity (Wildman–Crippen MR) is 148 cm³/mol. The first-order chi connectivity index (χ1) is 16.4. The Hall–Kier alpha value is -1.97. The smallest absolute Gasteiger partial charge is 0.307 e. The maximum Gasteiger partial charge on any atom is 0.307 e. The van der Waals surface area contributed by atoms with E-state index in [1.165, 1.54) is 56.9 Å². The molecule has 0 saturated carbocycles. The predicted octanol–water partition coefficient (Wildman–Crippen LogP) is 8.71. The summed E-state index contributed by atoms with van der Waals surface area (Å²) in [6.45, 7) is 17.4. The van der Waals surface area contributed by atoms with Crippen LogP contribution in [0.3, 0.4) is 0 Å². The van der Waals surface area contributed by atoms with Crippen molar-refractivity contribution in [3.8, 4) is 11.5 Å². The van der Waals surface area contributed by atoms with Crippen molar-refractivity contribution in [1.82, 2.24) is 0 Å². The second-order valence-electron chi connectivity index (χ2n) is 11.3. The van der Waals surface area contributed by atoms with Gasteiger partial charge in [-0.1, -0.05) is 78.2 Å². The van der Waals surface area contributed by atoms with Crippen molar-refractivity contribution >= 4 is 5.97 Å². The van der Waals surface area contributed by atoms with Gasteiger partial charge in [0.2, 0.25) is 0 Å². The SMILES string of the molecule is C/C(=C\COc1c(C)c(C)c(O)c(C)c1CC(=O)O)CCC[C@H](C)CCCC(C)CCCC(C)C. The first-order valence-electron chi connectivity index (χ1n) is 13.8. The molecule has 0 spiro atoms. The van der Waals surface area contributed by atoms with Crippen molar-refractivity contribution < 1.29 is 19.7 Å². The number of phenols is 1. The maximum atomic E-state index is 11.3. The Kier molecular flexibility index (Phi) is 14.1. The molecule has 200 valence electrons. The lowest BCUT2D eigenvalue weighted by molar-refractivity contribution is -0.136. The highest BCUT2D eigenvalue weighted by Gasteiger charge is 2.20. The summed E-state index contributed by atoms with van der Waals surface area (Å²) in [7, 11) is 0. The van der Waals surface area contributed by atoms with Crippen molar-refractivity contribution in [3.05, 3.63) is 33.9 Å². The van der Waals surface area contributed by atoms with E-state index < -0.39 is 5.97 Å². The molecule has 2 N–H and O–H groups in total. The summed E-state index contributed by atoms with van der Waals surface area (Å²) in [5.74, 6) is 2.27. The van der Waals surface area contributed by atoms with Crippen LogP contribution in [0, 0.1) is 38.5 Å². The van der Waals surface area contributed by atoms with Crippen LogP contribution in [-0.4, -0.2) is 22.8 Å². The molecule has 0 aliphatic heterocycles. The number of aliphatic carboxylic acids is 1. The number of carbonyl (C=O) groups is 1. The molecule has 0 radical (unpaired) electrons. The third-order valence-electron chi connectivity index (χ3n) is 7.47. The average molecular weight is 489 g/mol. The molecule has 0 amide bonds. The summed E-state index contributed by atoms with van der Waals surface area (Å²) in [5, 5.41) is 19.6. The quantitative estimate of drug-likeness (QED) is 0.215. The van der Waals surface area contributed by atoms with Gasteiger partial charge >= 0.3 is 5.97 Å². The van der Waals surface area contributed by atoms with E-state index in [9.17, 15) is 15.0 Å². The molecule has 0 heterocycles. The van der Waals surface area contributed by atoms with Crippen LogP contribution < -0.4 is 4.74 Å². The third-order valence-corrected chi connectivity index (χ3v) is 7.47. The van der Waals surface area contributed by atoms with E-state index in [2.05, 4.69) is 40.7 Å². The molecule has 0 bridgehead atoms. The summed E-state index contributed by atoms with van der Waals surface area (Å²) >= 11 is 0. The molecule has 1 aromatic rings. The van der Waals surface area contributed by atoms with Crippen LogP contribution >= 0.6 is 0 Å². The molecule has 4 nitrogen and oxygen atoms in total. The van der Waals surface area contributed by atoms with Gasteiger partial charge in [0.25, 0.3) is 0 Å². The van der Waals surface area contributed by atoms with Gasteiger partial charge < -0.3 is 14.9 Å². The molecule has 0 aliphatic rings. The van der Waals surface area contributed by atoms with Crippen molar-refractivity contribution in [2.24, 2.45) is 17.8 Å². The van der Waals surface area contributed by atoms with Crippen molar-refractivity contribution in [2.75, 3.05) is 6.61 Å². The minimum Gasteiger partial charge on any atom is -0.507 e. The van der Waals surface area contributed by atoms with Gasteiger partial charge in [0.1, 0.15) is 18.1 Å². The summed E-state index contributed by atoms with van der Waals surface area (Å²) in [5.41, 5.74) is 4.00. The Morgan fingerprint density at radius 1 is 0.857 bits per heavy atom. The highest BCUT2D eigenvalue weighted by atomic mass is 16.5. The highest BCUT2D eigenvalue weighted by molar-refractivity contribution is 5.74. The van der Waals surface area contributed by atoms with Crippen LogP contribution in [-0.2, 0) is 11.2 Å². The summed E-state index contributed by atoms with van der Waals surface area (Å²) in [6, 6.07) is 0. The lowest BCUT2D eigenvalue weighted by atomic mass is 9.91. The monoisotopic (exact) mass is 488 g/mol. The van der Waals surface area contributed by atoms with Gasteiger partial charge in [-0.15, -0.1) is 0 Å². The molecule has 0 fully saturated rings. The number of benzene rings is 1. The van der Waals surface area contributed by atoms with Gasteiger partial charge in [0.15, 0.2) is 0 Å². The molecule has 1 rings (SSSR count). The minimum atomic E-state index is -0.929. The van der Waals surface area contributed by atoms with Gasteiger partial charge in [-0.25, -0.2) is 0 Å². The van der Waals surface area contributed by atoms with Crippen LogP contribution in [0.5, 0.6) is 11.5 Å². The molecule has 1 unspecified atom stereocenters. The zero-order valence-electron chi connectivity index (χ0n) is 23.8. The first-order valence-corrected chi connectivity index (χ1v) is 13.8. The van der Waals surface area contributed by atoms with E-state index in [0.717, 1.165) is 35.3 Å². The Bertz CT molecular complexity index is 822. The topological polar surface area (TPSA) is 66.8 Å². The third kappa shape index (κ3) is 11.5. The number of allylic oxidation sites excluding steroid dienone is 1. The van der Waals surface area contributed by atoms with Gasteiger partial charge in [-0.2, -0.15) is 0 Å². The Labute approximate surface area is 215 Å². The van der Waals surface area contributed by atoms with Crippen molar-refractivity contribution in [3.63, 3.8) is 0 Å². The zero-order valence-corrected chi connectivity index (χ0v) is 23.8. The maximum absolute atomic E-state index is 11.3. The van der Waals surface area contributed by atoms with Crippen molar-refractivity contribution in [1.29, 1.82) is 0 Å². The molecule has 35 heavy (non-hydrogen) atoms. The van der Waals surface area contributed by atoms with Gasteiger partial charge in [0, 0.05) is 5.56 Å². The molecule has 0 aromatic heterocycles. The lowest BCUT2D eigenvalue weighted by Crippen LogP contribution is -2.09. The fourth-order valence-corrected chi connectivity index (χ4v) is 4.80. The number of carboxylic acids is 1. The van der Waals surface area contributed by atoms with Crippen LogP contribution in [0.2, 0.25) is 0 Å². The van der Waals surface area contributed by atoms with E-state index in [1.807, 2.05) is 13.8 Å². The van der Waals surface area contributed by atoms with E-state index >= 15 is 0 Å². The van der Waals surface area contributed by atoms with E-state index in [1.54, 1.807) is 6.92 Å². The number of phenolic OH excluding ortho intramolecular Hbond substituents is 1. The number of hydrogen-bond acceptors (Lipinski definition) is 3. The number of hydrogen-bond donors (Lipinski definition) is 2. The summed E-state index contributed by atoms with van der Waals surface area (Å²) in [4.78, 5) is 11.3. The van der Waals surface area contributed by atoms with E-state index in [-0.39, 0.29) is 12.2 Å². The normalized spacial score (nSPS) is 13.8. The molecular weight excluding hydrogens is 436 g/mol. The van der Waals surface area contributed by atoms with Crippen LogP contribution in [0.1, 0.15) is 115 Å². The number of ether oxygens (including phenoxy) is 1. The largest absolute Gasteiger partial charge is 0.507 e. The molecule has 0 saturated heterocycles. The lowest BCUT2D eigenvalue weighted by Gasteiger charge is -2.19. The minimum absolute atomic E-state index is 0.160. The first kappa shape index (κ1) is 31.1. The fourth-order valence-electron chi connectivity index (χ4n) is 4.80. The van der Waals surface area contributed by atoms with E-state index in [0.29, 0.717) is 23.5 Å². The van der Waals surface area contributed by atoms with Gasteiger partial charge in [-0.3, -0.25) is 4.79 Å². The van der Waals surface area contributed by atoms with Crippen LogP contribution in [0.25, 0.3) is 0 Å². The molecule has 1 aromatic carbocycles. The second-order valence-corrected chi connectivity index (χ2v) is 11.3. The Morgan fingerprint density at radius 2 is 1.40 bits per heavy atom. The van der Waals surface area contributed by atoms with Gasteiger partial charge in [0.05, 0.1) is 6.42 Å². The van der Waals surface area contributed by atoms with Crippen molar-refractivity contribution in [2.45, 2.75) is 120 Å². The van der Waals surface area contributed by atoms with Crippen LogP contribution in [0.15, 0.2) is 11.6 Å². The number of aromatic hydroxyl groups is 1. The molecule has 2 atom stereocenters. The molecule has 0 aliphatic carbocycles. The Morgan fingerprint density at radius 3 is 1.94 bits per heavy atom. The van der Waals surface area contributed by atoms with Gasteiger partial charge in [-0.05, 0) is 81.1 Å². The zero-order chi connectivity index (χ0) is 26.5. The second kappa shape index (κ2) is 15.9. The fraction of sp³-hybridized carbons (Fsp3) is 0.710. The van der Waals surface area contributed by atoms with Crippen LogP contribution in [0.4, 0.5) is 0 Å². The average Bonchev–Trinajstić information content (AvgIpc) is 2.77. The number of rotatable bonds is 17. The standard InChI is InChI=1S/C31H52O4/c1-21(2)12-9-13-22(3)14-10-15-23(4)16-11-17-24(5)18-19-35-31-26(7)25(6)30(34)27(8)28(31)20-29(32)33/h18,21-23,34H,9-17,19-20H2,1-8H3,(H,32,33)/b24-18+/t22?,23-/m1/s1. The molecule has 4 heteroatoms. The summed E-state index contributed by atoms with van der Waals surface area (Å²) in [6.07, 6.45) is 13.6. The summed E-state index contributed by atoms with van der Waals surface area (Å²) < 4.78 is 6.05. The van der Waals surface area contributed by atoms with E-state index in [4.69, 9.17) is 4.74 Å².